The highest BCUT2D eigenvalue weighted by Gasteiger charge is 2.08. The highest BCUT2D eigenvalue weighted by Crippen LogP contribution is 2.31. The molecule has 1 heterocycles. The number of hydrogen-bond acceptors (Lipinski definition) is 4. The Hall–Kier alpha value is -2.79. The van der Waals surface area contributed by atoms with E-state index in [-0.39, 0.29) is 5.75 Å². The van der Waals surface area contributed by atoms with E-state index in [1.54, 1.807) is 42.5 Å². The molecular weight excluding hydrogens is 316 g/mol. The summed E-state index contributed by atoms with van der Waals surface area (Å²) in [6, 6.07) is 13.7. The first-order valence-corrected chi connectivity index (χ1v) is 7.19. The van der Waals surface area contributed by atoms with Gasteiger partial charge in [0.1, 0.15) is 0 Å². The van der Waals surface area contributed by atoms with Gasteiger partial charge in [-0.05, 0) is 36.4 Å². The van der Waals surface area contributed by atoms with Gasteiger partial charge in [0, 0.05) is 16.1 Å². The Morgan fingerprint density at radius 1 is 1.09 bits per heavy atom. The first kappa shape index (κ1) is 15.1. The van der Waals surface area contributed by atoms with Crippen molar-refractivity contribution >= 4 is 11.6 Å². The minimum Gasteiger partial charge on any atom is -0.504 e. The molecule has 0 bridgehead atoms. The van der Waals surface area contributed by atoms with Gasteiger partial charge in [-0.15, -0.1) is 0 Å². The van der Waals surface area contributed by atoms with Crippen molar-refractivity contribution in [2.24, 2.45) is 0 Å². The van der Waals surface area contributed by atoms with Crippen LogP contribution < -0.4 is 10.4 Å². The van der Waals surface area contributed by atoms with Crippen molar-refractivity contribution in [3.05, 3.63) is 64.0 Å². The SMILES string of the molecule is COc1ccc(-c2cc(-c3ccc(Cl)cc3)nc(=O)[nH]2)cc1O. The second-order valence-electron chi connectivity index (χ2n) is 4.88. The molecule has 5 nitrogen and oxygen atoms in total. The molecule has 0 atom stereocenters. The minimum atomic E-state index is -0.470. The lowest BCUT2D eigenvalue weighted by Gasteiger charge is -2.08. The van der Waals surface area contributed by atoms with E-state index in [0.717, 1.165) is 5.56 Å². The van der Waals surface area contributed by atoms with E-state index in [2.05, 4.69) is 9.97 Å². The largest absolute Gasteiger partial charge is 0.504 e. The highest BCUT2D eigenvalue weighted by molar-refractivity contribution is 6.30. The molecule has 2 N–H and O–H groups in total. The van der Waals surface area contributed by atoms with E-state index in [0.29, 0.717) is 27.7 Å². The van der Waals surface area contributed by atoms with Crippen LogP contribution in [0.25, 0.3) is 22.5 Å². The van der Waals surface area contributed by atoms with E-state index >= 15 is 0 Å². The smallest absolute Gasteiger partial charge is 0.345 e. The monoisotopic (exact) mass is 328 g/mol. The zero-order valence-electron chi connectivity index (χ0n) is 12.2. The number of rotatable bonds is 3. The summed E-state index contributed by atoms with van der Waals surface area (Å²) in [5.41, 5.74) is 2.03. The van der Waals surface area contributed by atoms with Gasteiger partial charge in [-0.25, -0.2) is 4.79 Å². The fourth-order valence-electron chi connectivity index (χ4n) is 2.24. The maximum Gasteiger partial charge on any atom is 0.345 e. The zero-order chi connectivity index (χ0) is 16.4. The highest BCUT2D eigenvalue weighted by atomic mass is 35.5. The van der Waals surface area contributed by atoms with Gasteiger partial charge in [0.05, 0.1) is 18.5 Å². The number of halogens is 1. The molecule has 0 spiro atoms. The minimum absolute atomic E-state index is 0.00398. The molecule has 0 amide bonds. The molecule has 3 rings (SSSR count). The van der Waals surface area contributed by atoms with Crippen LogP contribution in [-0.4, -0.2) is 22.2 Å². The van der Waals surface area contributed by atoms with E-state index in [1.807, 2.05) is 0 Å². The fraction of sp³-hybridized carbons (Fsp3) is 0.0588. The molecule has 23 heavy (non-hydrogen) atoms. The molecule has 6 heteroatoms. The summed E-state index contributed by atoms with van der Waals surface area (Å²) < 4.78 is 5.02. The molecule has 1 aromatic heterocycles. The maximum atomic E-state index is 11.9. The second-order valence-corrected chi connectivity index (χ2v) is 5.32. The van der Waals surface area contributed by atoms with Gasteiger partial charge in [0.2, 0.25) is 0 Å². The molecule has 0 saturated carbocycles. The molecule has 2 aromatic carbocycles. The average molecular weight is 329 g/mol. The summed E-state index contributed by atoms with van der Waals surface area (Å²) >= 11 is 5.88. The number of aromatic hydroxyl groups is 1. The van der Waals surface area contributed by atoms with Gasteiger partial charge in [0.25, 0.3) is 0 Å². The third kappa shape index (κ3) is 3.19. The first-order valence-electron chi connectivity index (χ1n) is 6.81. The molecule has 0 saturated heterocycles. The van der Waals surface area contributed by atoms with Crippen LogP contribution in [-0.2, 0) is 0 Å². The number of nitrogens with one attached hydrogen (secondary N) is 1. The van der Waals surface area contributed by atoms with Crippen LogP contribution in [0.5, 0.6) is 11.5 Å². The predicted molar refractivity (Wildman–Crippen MR) is 89.0 cm³/mol. The summed E-state index contributed by atoms with van der Waals surface area (Å²) in [4.78, 5) is 18.5. The quantitative estimate of drug-likeness (QED) is 0.772. The summed E-state index contributed by atoms with van der Waals surface area (Å²) in [6.07, 6.45) is 0. The topological polar surface area (TPSA) is 75.2 Å². The lowest BCUT2D eigenvalue weighted by atomic mass is 10.1. The Kier molecular flexibility index (Phi) is 4.04. The number of nitrogens with zero attached hydrogens (tertiary/aromatic N) is 1. The molecule has 0 aliphatic heterocycles. The molecule has 3 aromatic rings. The van der Waals surface area contributed by atoms with Crippen molar-refractivity contribution in [2.75, 3.05) is 7.11 Å². The zero-order valence-corrected chi connectivity index (χ0v) is 13.0. The normalized spacial score (nSPS) is 10.5. The Morgan fingerprint density at radius 3 is 2.43 bits per heavy atom. The van der Waals surface area contributed by atoms with E-state index in [9.17, 15) is 9.90 Å². The van der Waals surface area contributed by atoms with Crippen molar-refractivity contribution in [1.82, 2.24) is 9.97 Å². The number of phenols is 1. The van der Waals surface area contributed by atoms with E-state index < -0.39 is 5.69 Å². The molecule has 0 aliphatic carbocycles. The maximum absolute atomic E-state index is 11.9. The van der Waals surface area contributed by atoms with Crippen LogP contribution in [0.3, 0.4) is 0 Å². The third-order valence-electron chi connectivity index (χ3n) is 3.37. The fourth-order valence-corrected chi connectivity index (χ4v) is 2.37. The number of aromatic nitrogens is 2. The Morgan fingerprint density at radius 2 is 1.78 bits per heavy atom. The van der Waals surface area contributed by atoms with Crippen molar-refractivity contribution in [2.45, 2.75) is 0 Å². The van der Waals surface area contributed by atoms with Gasteiger partial charge in [-0.3, -0.25) is 0 Å². The number of benzene rings is 2. The van der Waals surface area contributed by atoms with Crippen LogP contribution in [0.4, 0.5) is 0 Å². The molecule has 0 radical (unpaired) electrons. The van der Waals surface area contributed by atoms with Crippen LogP contribution >= 0.6 is 11.6 Å². The lowest BCUT2D eigenvalue weighted by molar-refractivity contribution is 0.373. The Labute approximate surface area is 137 Å². The molecule has 0 fully saturated rings. The number of methoxy groups -OCH3 is 1. The average Bonchev–Trinajstić information content (AvgIpc) is 2.55. The van der Waals surface area contributed by atoms with Gasteiger partial charge in [0.15, 0.2) is 11.5 Å². The van der Waals surface area contributed by atoms with Crippen molar-refractivity contribution in [1.29, 1.82) is 0 Å². The van der Waals surface area contributed by atoms with Crippen LogP contribution in [0.1, 0.15) is 0 Å². The van der Waals surface area contributed by atoms with Gasteiger partial charge in [-0.2, -0.15) is 4.98 Å². The number of phenolic OH excluding ortho intramolecular Hbond substituents is 1. The summed E-state index contributed by atoms with van der Waals surface area (Å²) in [5, 5.41) is 10.5. The van der Waals surface area contributed by atoms with Gasteiger partial charge >= 0.3 is 5.69 Å². The summed E-state index contributed by atoms with van der Waals surface area (Å²) in [5.74, 6) is 0.360. The number of aromatic amines is 1. The second kappa shape index (κ2) is 6.14. The van der Waals surface area contributed by atoms with Crippen molar-refractivity contribution < 1.29 is 9.84 Å². The number of ether oxygens (including phenoxy) is 1. The third-order valence-corrected chi connectivity index (χ3v) is 3.63. The number of hydrogen-bond donors (Lipinski definition) is 2. The van der Waals surface area contributed by atoms with E-state index in [1.165, 1.54) is 13.2 Å². The molecule has 0 aliphatic rings. The molecule has 0 unspecified atom stereocenters. The van der Waals surface area contributed by atoms with Crippen molar-refractivity contribution in [3.8, 4) is 34.0 Å². The first-order chi connectivity index (χ1) is 11.1. The summed E-state index contributed by atoms with van der Waals surface area (Å²) in [6.45, 7) is 0. The van der Waals surface area contributed by atoms with Crippen molar-refractivity contribution in [3.63, 3.8) is 0 Å². The molecule has 116 valence electrons. The Bertz CT molecular complexity index is 904. The lowest BCUT2D eigenvalue weighted by Crippen LogP contribution is -2.11. The van der Waals surface area contributed by atoms with Crippen LogP contribution in [0.2, 0.25) is 5.02 Å². The predicted octanol–water partition coefficient (Wildman–Crippen LogP) is 3.47. The van der Waals surface area contributed by atoms with Crippen LogP contribution in [0, 0.1) is 0 Å². The molecular formula is C17H13ClN2O3. The standard InChI is InChI=1S/C17H13ClN2O3/c1-23-16-7-4-11(8-15(16)21)14-9-13(19-17(22)20-14)10-2-5-12(18)6-3-10/h2-9,21H,1H3,(H,19,20,22). The number of H-pyrrole nitrogens is 1. The van der Waals surface area contributed by atoms with Gasteiger partial charge in [-0.1, -0.05) is 23.7 Å². The van der Waals surface area contributed by atoms with E-state index in [4.69, 9.17) is 16.3 Å². The summed E-state index contributed by atoms with van der Waals surface area (Å²) in [7, 11) is 1.47. The van der Waals surface area contributed by atoms with Crippen LogP contribution in [0.15, 0.2) is 53.3 Å². The Balaban J connectivity index is 2.09. The van der Waals surface area contributed by atoms with Gasteiger partial charge < -0.3 is 14.8 Å².